The van der Waals surface area contributed by atoms with Crippen molar-refractivity contribution in [2.24, 2.45) is 0 Å². The van der Waals surface area contributed by atoms with E-state index in [2.05, 4.69) is 13.8 Å². The summed E-state index contributed by atoms with van der Waals surface area (Å²) in [6.07, 6.45) is 0. The number of carbonyl (C=O) groups excluding carboxylic acids is 1. The van der Waals surface area contributed by atoms with Crippen molar-refractivity contribution in [1.29, 1.82) is 0 Å². The molecule has 0 N–H and O–H groups in total. The van der Waals surface area contributed by atoms with Gasteiger partial charge in [-0.3, -0.25) is 0 Å². The quantitative estimate of drug-likeness (QED) is 0.735. The number of ether oxygens (including phenoxy) is 3. The fraction of sp³-hybridized carbons (Fsp3) is 0.611. The molecule has 0 saturated heterocycles. The van der Waals surface area contributed by atoms with Gasteiger partial charge in [-0.25, -0.2) is 4.79 Å². The van der Waals surface area contributed by atoms with Crippen LogP contribution in [0.25, 0.3) is 0 Å². The summed E-state index contributed by atoms with van der Waals surface area (Å²) in [4.78, 5) is 12.4. The highest BCUT2D eigenvalue weighted by Gasteiger charge is 2.47. The summed E-state index contributed by atoms with van der Waals surface area (Å²) in [5.74, 6) is 1.36. The van der Waals surface area contributed by atoms with Gasteiger partial charge in [0.05, 0.1) is 7.11 Å². The van der Waals surface area contributed by atoms with E-state index in [1.54, 1.807) is 0 Å². The molecule has 1 aromatic carbocycles. The maximum Gasteiger partial charge on any atom is 0.342 e. The highest BCUT2D eigenvalue weighted by atomic mass is 16.5. The van der Waals surface area contributed by atoms with Crippen molar-refractivity contribution < 1.29 is 19.0 Å². The molecule has 0 amide bonds. The molecular weight excluding hydrogens is 280 g/mol. The van der Waals surface area contributed by atoms with E-state index >= 15 is 0 Å². The van der Waals surface area contributed by atoms with E-state index in [1.165, 1.54) is 7.11 Å². The average molecular weight is 304 g/mol. The lowest BCUT2D eigenvalue weighted by Gasteiger charge is -2.24. The SMILES string of the molecule is COC(=O)c1c2c(cc3c1C(C)C(C)(C)O3)C(C)C(C)(C)O2. The molecule has 2 aliphatic heterocycles. The highest BCUT2D eigenvalue weighted by Crippen LogP contribution is 2.55. The normalized spacial score (nSPS) is 26.7. The molecule has 120 valence electrons. The molecule has 2 heterocycles. The van der Waals surface area contributed by atoms with Crippen molar-refractivity contribution in [3.05, 3.63) is 22.8 Å². The van der Waals surface area contributed by atoms with Crippen LogP contribution in [0.15, 0.2) is 6.07 Å². The Bertz CT molecular complexity index is 656. The van der Waals surface area contributed by atoms with Crippen molar-refractivity contribution in [1.82, 2.24) is 0 Å². The number of fused-ring (bicyclic) bond motifs is 2. The van der Waals surface area contributed by atoms with Crippen LogP contribution in [-0.4, -0.2) is 24.3 Å². The fourth-order valence-electron chi connectivity index (χ4n) is 3.37. The van der Waals surface area contributed by atoms with Gasteiger partial charge in [-0.05, 0) is 33.8 Å². The van der Waals surface area contributed by atoms with Gasteiger partial charge in [0.25, 0.3) is 0 Å². The van der Waals surface area contributed by atoms with Gasteiger partial charge in [-0.1, -0.05) is 13.8 Å². The van der Waals surface area contributed by atoms with E-state index in [0.29, 0.717) is 11.3 Å². The maximum atomic E-state index is 12.4. The zero-order valence-corrected chi connectivity index (χ0v) is 14.4. The Morgan fingerprint density at radius 2 is 1.68 bits per heavy atom. The van der Waals surface area contributed by atoms with E-state index in [4.69, 9.17) is 14.2 Å². The van der Waals surface area contributed by atoms with Gasteiger partial charge < -0.3 is 14.2 Å². The molecule has 3 rings (SSSR count). The number of methoxy groups -OCH3 is 1. The minimum Gasteiger partial charge on any atom is -0.487 e. The van der Waals surface area contributed by atoms with E-state index in [9.17, 15) is 4.79 Å². The largest absolute Gasteiger partial charge is 0.487 e. The zero-order valence-electron chi connectivity index (χ0n) is 14.4. The van der Waals surface area contributed by atoms with Crippen LogP contribution in [0.5, 0.6) is 11.5 Å². The second-order valence-electron chi connectivity index (χ2n) is 7.43. The zero-order chi connectivity index (χ0) is 16.4. The summed E-state index contributed by atoms with van der Waals surface area (Å²) in [5.41, 5.74) is 1.76. The highest BCUT2D eigenvalue weighted by molar-refractivity contribution is 5.96. The second-order valence-corrected chi connectivity index (χ2v) is 7.43. The summed E-state index contributed by atoms with van der Waals surface area (Å²) < 4.78 is 17.3. The van der Waals surface area contributed by atoms with Gasteiger partial charge >= 0.3 is 5.97 Å². The van der Waals surface area contributed by atoms with Crippen LogP contribution in [0.2, 0.25) is 0 Å². The lowest BCUT2D eigenvalue weighted by Crippen LogP contribution is -2.29. The molecule has 2 aliphatic rings. The van der Waals surface area contributed by atoms with Crippen LogP contribution in [0.3, 0.4) is 0 Å². The summed E-state index contributed by atoms with van der Waals surface area (Å²) in [6, 6.07) is 2.04. The second kappa shape index (κ2) is 4.40. The monoisotopic (exact) mass is 304 g/mol. The number of carbonyl (C=O) groups is 1. The molecule has 0 radical (unpaired) electrons. The number of esters is 1. The van der Waals surface area contributed by atoms with Crippen molar-refractivity contribution in [3.63, 3.8) is 0 Å². The molecule has 0 aliphatic carbocycles. The molecule has 1 aromatic rings. The third-order valence-corrected chi connectivity index (χ3v) is 5.42. The maximum absolute atomic E-state index is 12.4. The first-order valence-electron chi connectivity index (χ1n) is 7.77. The van der Waals surface area contributed by atoms with E-state index in [-0.39, 0.29) is 29.0 Å². The molecule has 4 nitrogen and oxygen atoms in total. The third-order valence-electron chi connectivity index (χ3n) is 5.42. The first kappa shape index (κ1) is 15.2. The summed E-state index contributed by atoms with van der Waals surface area (Å²) in [7, 11) is 1.41. The minimum absolute atomic E-state index is 0.0875. The van der Waals surface area contributed by atoms with E-state index in [1.807, 2.05) is 33.8 Å². The van der Waals surface area contributed by atoms with Gasteiger partial charge in [-0.2, -0.15) is 0 Å². The fourth-order valence-corrected chi connectivity index (χ4v) is 3.37. The third kappa shape index (κ3) is 1.86. The number of hydrogen-bond acceptors (Lipinski definition) is 4. The predicted octanol–water partition coefficient (Wildman–Crippen LogP) is 4.02. The Balaban J connectivity index is 2.29. The van der Waals surface area contributed by atoms with Gasteiger partial charge in [0, 0.05) is 23.0 Å². The lowest BCUT2D eigenvalue weighted by atomic mass is 9.83. The topological polar surface area (TPSA) is 44.8 Å². The van der Waals surface area contributed by atoms with Crippen molar-refractivity contribution >= 4 is 5.97 Å². The molecular formula is C18H24O4. The number of rotatable bonds is 1. The Morgan fingerprint density at radius 1 is 1.09 bits per heavy atom. The number of hydrogen-bond donors (Lipinski definition) is 0. The standard InChI is InChI=1S/C18H24O4/c1-9-11-8-12-13(10(2)18(5,6)21-12)14(16(19)20-7)15(11)22-17(9,3)4/h8-10H,1-7H3. The van der Waals surface area contributed by atoms with Gasteiger partial charge in [0.2, 0.25) is 0 Å². The first-order valence-corrected chi connectivity index (χ1v) is 7.77. The molecule has 22 heavy (non-hydrogen) atoms. The minimum atomic E-state index is -0.355. The van der Waals surface area contributed by atoms with Crippen LogP contribution in [0, 0.1) is 0 Å². The predicted molar refractivity (Wildman–Crippen MR) is 84.0 cm³/mol. The van der Waals surface area contributed by atoms with Crippen molar-refractivity contribution in [2.75, 3.05) is 7.11 Å². The number of benzene rings is 1. The van der Waals surface area contributed by atoms with Crippen LogP contribution in [-0.2, 0) is 4.74 Å². The Labute approximate surface area is 131 Å². The van der Waals surface area contributed by atoms with Crippen LogP contribution < -0.4 is 9.47 Å². The first-order chi connectivity index (χ1) is 10.1. The van der Waals surface area contributed by atoms with Gasteiger partial charge in [0.15, 0.2) is 0 Å². The van der Waals surface area contributed by atoms with Gasteiger partial charge in [0.1, 0.15) is 28.3 Å². The van der Waals surface area contributed by atoms with Crippen molar-refractivity contribution in [3.8, 4) is 11.5 Å². The Kier molecular flexibility index (Phi) is 3.04. The molecule has 0 saturated carbocycles. The summed E-state index contributed by atoms with van der Waals surface area (Å²) in [5, 5.41) is 0. The molecule has 0 aromatic heterocycles. The lowest BCUT2D eigenvalue weighted by molar-refractivity contribution is 0.0584. The molecule has 2 atom stereocenters. The van der Waals surface area contributed by atoms with Crippen molar-refractivity contribution in [2.45, 2.75) is 64.6 Å². The van der Waals surface area contributed by atoms with E-state index < -0.39 is 0 Å². The van der Waals surface area contributed by atoms with Gasteiger partial charge in [-0.15, -0.1) is 0 Å². The Morgan fingerprint density at radius 3 is 2.27 bits per heavy atom. The van der Waals surface area contributed by atoms with Crippen LogP contribution >= 0.6 is 0 Å². The molecule has 0 fully saturated rings. The molecule has 2 unspecified atom stereocenters. The average Bonchev–Trinajstić information content (AvgIpc) is 2.79. The van der Waals surface area contributed by atoms with E-state index in [0.717, 1.165) is 16.9 Å². The Hall–Kier alpha value is -1.71. The van der Waals surface area contributed by atoms with Crippen LogP contribution in [0.1, 0.15) is 74.9 Å². The molecule has 0 spiro atoms. The summed E-state index contributed by atoms with van der Waals surface area (Å²) in [6.45, 7) is 12.4. The molecule has 4 heteroatoms. The smallest absolute Gasteiger partial charge is 0.342 e. The van der Waals surface area contributed by atoms with Crippen LogP contribution in [0.4, 0.5) is 0 Å². The molecule has 0 bridgehead atoms. The summed E-state index contributed by atoms with van der Waals surface area (Å²) >= 11 is 0.